The largest absolute Gasteiger partial charge is 0.353 e. The van der Waals surface area contributed by atoms with Gasteiger partial charge < -0.3 is 5.32 Å². The van der Waals surface area contributed by atoms with E-state index in [1.807, 2.05) is 28.4 Å². The van der Waals surface area contributed by atoms with Crippen LogP contribution < -0.4 is 5.32 Å². The van der Waals surface area contributed by atoms with E-state index in [1.54, 1.807) is 29.7 Å². The average molecular weight is 355 g/mol. The molecule has 0 spiro atoms. The topological polar surface area (TPSA) is 46.9 Å². The lowest BCUT2D eigenvalue weighted by molar-refractivity contribution is -0.123. The number of halogens is 1. The van der Waals surface area contributed by atoms with Crippen LogP contribution in [0.15, 0.2) is 60.2 Å². The summed E-state index contributed by atoms with van der Waals surface area (Å²) in [5.41, 5.74) is 0.385. The van der Waals surface area contributed by atoms with Crippen molar-refractivity contribution in [3.05, 3.63) is 76.5 Å². The van der Waals surface area contributed by atoms with Gasteiger partial charge >= 0.3 is 0 Å². The first-order valence-corrected chi connectivity index (χ1v) is 9.14. The molecule has 1 saturated carbocycles. The van der Waals surface area contributed by atoms with Crippen molar-refractivity contribution in [2.24, 2.45) is 0 Å². The maximum atomic E-state index is 13.2. The maximum Gasteiger partial charge on any atom is 0.230 e. The molecule has 0 radical (unpaired) electrons. The van der Waals surface area contributed by atoms with Gasteiger partial charge in [-0.1, -0.05) is 18.2 Å². The zero-order chi connectivity index (χ0) is 17.3. The highest BCUT2D eigenvalue weighted by Crippen LogP contribution is 2.48. The van der Waals surface area contributed by atoms with Gasteiger partial charge in [0.1, 0.15) is 11.9 Å². The first kappa shape index (κ1) is 16.0. The van der Waals surface area contributed by atoms with Gasteiger partial charge in [0.15, 0.2) is 0 Å². The van der Waals surface area contributed by atoms with Gasteiger partial charge in [-0.05, 0) is 48.1 Å². The third kappa shape index (κ3) is 3.09. The second-order valence-corrected chi connectivity index (χ2v) is 7.30. The number of benzene rings is 1. The summed E-state index contributed by atoms with van der Waals surface area (Å²) < 4.78 is 15.0. The zero-order valence-corrected chi connectivity index (χ0v) is 14.4. The molecule has 4 nitrogen and oxygen atoms in total. The fraction of sp³-hybridized carbons (Fsp3) is 0.263. The molecule has 0 unspecified atom stereocenters. The van der Waals surface area contributed by atoms with E-state index in [9.17, 15) is 9.18 Å². The molecule has 4 rings (SSSR count). The molecule has 0 saturated heterocycles. The van der Waals surface area contributed by atoms with Crippen LogP contribution in [0.3, 0.4) is 0 Å². The predicted octanol–water partition coefficient (Wildman–Crippen LogP) is 3.52. The maximum absolute atomic E-state index is 13.2. The Morgan fingerprint density at radius 1 is 1.28 bits per heavy atom. The molecule has 1 aliphatic carbocycles. The Kier molecular flexibility index (Phi) is 4.13. The summed E-state index contributed by atoms with van der Waals surface area (Å²) in [5.74, 6) is -0.274. The van der Waals surface area contributed by atoms with Gasteiger partial charge in [-0.2, -0.15) is 5.10 Å². The Labute approximate surface area is 149 Å². The van der Waals surface area contributed by atoms with Crippen LogP contribution in [0.2, 0.25) is 0 Å². The number of hydrogen-bond acceptors (Lipinski definition) is 3. The quantitative estimate of drug-likeness (QED) is 0.735. The van der Waals surface area contributed by atoms with Crippen molar-refractivity contribution in [3.8, 4) is 0 Å². The Morgan fingerprint density at radius 3 is 2.68 bits per heavy atom. The first-order valence-electron chi connectivity index (χ1n) is 8.26. The number of nitrogens with one attached hydrogen (secondary N) is 1. The lowest BCUT2D eigenvalue weighted by atomic mass is 9.95. The van der Waals surface area contributed by atoms with Crippen LogP contribution in [0.25, 0.3) is 0 Å². The molecule has 1 fully saturated rings. The SMILES string of the molecule is O=C(NC[C@@H](c1cccs1)n1cccn1)C1(c2ccc(F)cc2)CC1. The minimum Gasteiger partial charge on any atom is -0.353 e. The number of rotatable bonds is 6. The minimum absolute atomic E-state index is 0.00724. The smallest absolute Gasteiger partial charge is 0.230 e. The van der Waals surface area contributed by atoms with Crippen LogP contribution in [-0.4, -0.2) is 22.2 Å². The molecule has 2 aromatic heterocycles. The van der Waals surface area contributed by atoms with E-state index in [1.165, 1.54) is 12.1 Å². The molecule has 2 heterocycles. The molecule has 1 aliphatic rings. The van der Waals surface area contributed by atoms with Crippen molar-refractivity contribution >= 4 is 17.2 Å². The van der Waals surface area contributed by atoms with E-state index in [2.05, 4.69) is 16.5 Å². The Hall–Kier alpha value is -2.47. The van der Waals surface area contributed by atoms with Gasteiger partial charge in [0.2, 0.25) is 5.91 Å². The Balaban J connectivity index is 1.50. The Morgan fingerprint density at radius 2 is 2.08 bits per heavy atom. The third-order valence-electron chi connectivity index (χ3n) is 4.75. The highest BCUT2D eigenvalue weighted by Gasteiger charge is 2.51. The van der Waals surface area contributed by atoms with Gasteiger partial charge in [0.05, 0.1) is 5.41 Å². The Bertz CT molecular complexity index is 805. The zero-order valence-electron chi connectivity index (χ0n) is 13.6. The van der Waals surface area contributed by atoms with E-state index < -0.39 is 5.41 Å². The van der Waals surface area contributed by atoms with Crippen molar-refractivity contribution in [1.29, 1.82) is 0 Å². The first-order chi connectivity index (χ1) is 12.2. The molecule has 0 bridgehead atoms. The van der Waals surface area contributed by atoms with Gasteiger partial charge in [-0.15, -0.1) is 11.3 Å². The number of hydrogen-bond donors (Lipinski definition) is 1. The summed E-state index contributed by atoms with van der Waals surface area (Å²) in [4.78, 5) is 14.0. The lowest BCUT2D eigenvalue weighted by Gasteiger charge is -2.20. The summed E-state index contributed by atoms with van der Waals surface area (Å²) in [6.45, 7) is 0.476. The summed E-state index contributed by atoms with van der Waals surface area (Å²) in [5, 5.41) is 9.44. The summed E-state index contributed by atoms with van der Waals surface area (Å²) in [7, 11) is 0. The number of nitrogens with zero attached hydrogens (tertiary/aromatic N) is 2. The number of aromatic nitrogens is 2. The van der Waals surface area contributed by atoms with Gasteiger partial charge in [-0.25, -0.2) is 4.39 Å². The monoisotopic (exact) mass is 355 g/mol. The third-order valence-corrected chi connectivity index (χ3v) is 5.73. The molecule has 3 aromatic rings. The predicted molar refractivity (Wildman–Crippen MR) is 95.0 cm³/mol. The van der Waals surface area contributed by atoms with Crippen LogP contribution in [-0.2, 0) is 10.2 Å². The van der Waals surface area contributed by atoms with Crippen molar-refractivity contribution in [1.82, 2.24) is 15.1 Å². The molecule has 1 atom stereocenters. The number of thiophene rings is 1. The number of amides is 1. The second-order valence-electron chi connectivity index (χ2n) is 6.32. The highest BCUT2D eigenvalue weighted by atomic mass is 32.1. The minimum atomic E-state index is -0.502. The van der Waals surface area contributed by atoms with Crippen LogP contribution >= 0.6 is 11.3 Å². The number of carbonyl (C=O) groups is 1. The van der Waals surface area contributed by atoms with Crippen LogP contribution in [0.5, 0.6) is 0 Å². The van der Waals surface area contributed by atoms with Crippen molar-refractivity contribution in [2.75, 3.05) is 6.54 Å². The van der Waals surface area contributed by atoms with E-state index in [4.69, 9.17) is 0 Å². The fourth-order valence-electron chi connectivity index (χ4n) is 3.17. The van der Waals surface area contributed by atoms with Crippen molar-refractivity contribution in [3.63, 3.8) is 0 Å². The molecule has 1 N–H and O–H groups in total. The summed E-state index contributed by atoms with van der Waals surface area (Å²) in [6.07, 6.45) is 5.25. The van der Waals surface area contributed by atoms with E-state index in [0.29, 0.717) is 6.54 Å². The molecular formula is C19H18FN3OS. The average Bonchev–Trinajstić information content (AvgIpc) is 3.02. The van der Waals surface area contributed by atoms with E-state index in [-0.39, 0.29) is 17.8 Å². The standard InChI is InChI=1S/C19H18FN3OS/c20-15-6-4-14(5-7-15)19(8-9-19)18(24)21-13-16(17-3-1-12-25-17)23-11-2-10-22-23/h1-7,10-12,16H,8-9,13H2,(H,21,24)/t16-/m0/s1. The van der Waals surface area contributed by atoms with E-state index >= 15 is 0 Å². The van der Waals surface area contributed by atoms with Crippen molar-refractivity contribution in [2.45, 2.75) is 24.3 Å². The van der Waals surface area contributed by atoms with Crippen LogP contribution in [0.1, 0.15) is 29.3 Å². The van der Waals surface area contributed by atoms with Crippen LogP contribution in [0, 0.1) is 5.82 Å². The number of carbonyl (C=O) groups excluding carboxylic acids is 1. The molecule has 1 aromatic carbocycles. The fourth-order valence-corrected chi connectivity index (χ4v) is 3.99. The molecule has 1 amide bonds. The normalized spacial score (nSPS) is 16.4. The second kappa shape index (κ2) is 6.44. The van der Waals surface area contributed by atoms with Gasteiger partial charge in [0, 0.05) is 23.8 Å². The van der Waals surface area contributed by atoms with E-state index in [0.717, 1.165) is 23.3 Å². The lowest BCUT2D eigenvalue weighted by Crippen LogP contribution is -2.38. The van der Waals surface area contributed by atoms with Gasteiger partial charge in [0.25, 0.3) is 0 Å². The molecule has 128 valence electrons. The molecule has 6 heteroatoms. The molecular weight excluding hydrogens is 337 g/mol. The summed E-state index contributed by atoms with van der Waals surface area (Å²) >= 11 is 1.65. The highest BCUT2D eigenvalue weighted by molar-refractivity contribution is 7.10. The van der Waals surface area contributed by atoms with Crippen LogP contribution in [0.4, 0.5) is 4.39 Å². The molecule has 0 aliphatic heterocycles. The van der Waals surface area contributed by atoms with Crippen molar-refractivity contribution < 1.29 is 9.18 Å². The summed E-state index contributed by atoms with van der Waals surface area (Å²) in [6, 6.07) is 12.2. The van der Waals surface area contributed by atoms with Gasteiger partial charge in [-0.3, -0.25) is 9.48 Å². The molecule has 25 heavy (non-hydrogen) atoms.